The van der Waals surface area contributed by atoms with E-state index >= 15 is 0 Å². The summed E-state index contributed by atoms with van der Waals surface area (Å²) in [6.45, 7) is 1.94. The number of carbonyl (C=O) groups is 1. The van der Waals surface area contributed by atoms with Crippen LogP contribution in [-0.2, 0) is 6.61 Å². The van der Waals surface area contributed by atoms with E-state index in [4.69, 9.17) is 25.5 Å². The average Bonchev–Trinajstić information content (AvgIpc) is 3.39. The highest BCUT2D eigenvalue weighted by atomic mass is 35.5. The van der Waals surface area contributed by atoms with Crippen molar-refractivity contribution in [1.82, 2.24) is 0 Å². The third kappa shape index (κ3) is 5.61. The third-order valence-corrected chi connectivity index (χ3v) is 6.15. The minimum atomic E-state index is -0.574. The standard InChI is InChI=1S/C29H21ClN2O6/c1-18-13-22(9-11-26(18)30)37-24-15-20(14-21(16-24)32(34)35)31-29(33)28-12-10-23(38-28)17-36-27-8-4-6-19-5-2-3-7-25(19)27/h2-16H,17H2,1H3,(H,31,33). The van der Waals surface area contributed by atoms with Crippen LogP contribution in [0.1, 0.15) is 21.9 Å². The number of rotatable bonds is 8. The molecule has 4 aromatic carbocycles. The minimum absolute atomic E-state index is 0.0313. The van der Waals surface area contributed by atoms with Gasteiger partial charge < -0.3 is 19.2 Å². The molecule has 5 aromatic rings. The van der Waals surface area contributed by atoms with Crippen LogP contribution in [0.15, 0.2) is 95.4 Å². The van der Waals surface area contributed by atoms with Gasteiger partial charge in [-0.25, -0.2) is 0 Å². The molecule has 8 nitrogen and oxygen atoms in total. The van der Waals surface area contributed by atoms with Crippen LogP contribution < -0.4 is 14.8 Å². The largest absolute Gasteiger partial charge is 0.485 e. The zero-order valence-corrected chi connectivity index (χ0v) is 20.9. The third-order valence-electron chi connectivity index (χ3n) is 5.73. The SMILES string of the molecule is Cc1cc(Oc2cc(NC(=O)c3ccc(COc4cccc5ccccc45)o3)cc([N+](=O)[O-])c2)ccc1Cl. The summed E-state index contributed by atoms with van der Waals surface area (Å²) in [6, 6.07) is 25.8. The highest BCUT2D eigenvalue weighted by molar-refractivity contribution is 6.31. The number of hydrogen-bond acceptors (Lipinski definition) is 6. The smallest absolute Gasteiger partial charge is 0.291 e. The molecule has 38 heavy (non-hydrogen) atoms. The molecule has 0 aliphatic rings. The second kappa shape index (κ2) is 10.7. The van der Waals surface area contributed by atoms with Gasteiger partial charge in [-0.15, -0.1) is 0 Å². The van der Waals surface area contributed by atoms with Crippen molar-refractivity contribution in [3.8, 4) is 17.2 Å². The first-order chi connectivity index (χ1) is 18.4. The molecule has 1 amide bonds. The Balaban J connectivity index is 1.29. The van der Waals surface area contributed by atoms with E-state index in [1.165, 1.54) is 24.3 Å². The molecule has 0 saturated heterocycles. The van der Waals surface area contributed by atoms with Crippen molar-refractivity contribution in [1.29, 1.82) is 0 Å². The molecule has 0 spiro atoms. The molecule has 5 rings (SSSR count). The van der Waals surface area contributed by atoms with Crippen LogP contribution in [0, 0.1) is 17.0 Å². The molecule has 9 heteroatoms. The highest BCUT2D eigenvalue weighted by Crippen LogP contribution is 2.32. The van der Waals surface area contributed by atoms with Crippen LogP contribution in [0.3, 0.4) is 0 Å². The number of benzene rings is 4. The van der Waals surface area contributed by atoms with Crippen LogP contribution in [0.5, 0.6) is 17.2 Å². The van der Waals surface area contributed by atoms with Gasteiger partial charge in [0.15, 0.2) is 5.76 Å². The molecule has 190 valence electrons. The predicted molar refractivity (Wildman–Crippen MR) is 144 cm³/mol. The number of ether oxygens (including phenoxy) is 2. The van der Waals surface area contributed by atoms with E-state index in [0.717, 1.165) is 16.3 Å². The summed E-state index contributed by atoms with van der Waals surface area (Å²) in [4.78, 5) is 23.7. The summed E-state index contributed by atoms with van der Waals surface area (Å²) in [5, 5.41) is 16.7. The summed E-state index contributed by atoms with van der Waals surface area (Å²) in [5.74, 6) is 1.24. The van der Waals surface area contributed by atoms with Crippen molar-refractivity contribution in [3.63, 3.8) is 0 Å². The van der Waals surface area contributed by atoms with Crippen molar-refractivity contribution in [3.05, 3.63) is 123 Å². The van der Waals surface area contributed by atoms with Crippen LogP contribution >= 0.6 is 11.6 Å². The van der Waals surface area contributed by atoms with Gasteiger partial charge in [-0.2, -0.15) is 0 Å². The van der Waals surface area contributed by atoms with Crippen LogP contribution in [0.4, 0.5) is 11.4 Å². The Kier molecular flexibility index (Phi) is 6.97. The number of hydrogen-bond donors (Lipinski definition) is 1. The van der Waals surface area contributed by atoms with Crippen molar-refractivity contribution in [2.75, 3.05) is 5.32 Å². The Labute approximate surface area is 222 Å². The van der Waals surface area contributed by atoms with E-state index in [1.807, 2.05) is 49.4 Å². The topological polar surface area (TPSA) is 104 Å². The van der Waals surface area contributed by atoms with Gasteiger partial charge in [0.25, 0.3) is 11.6 Å². The lowest BCUT2D eigenvalue weighted by molar-refractivity contribution is -0.384. The summed E-state index contributed by atoms with van der Waals surface area (Å²) in [7, 11) is 0. The zero-order chi connectivity index (χ0) is 26.6. The van der Waals surface area contributed by atoms with E-state index in [0.29, 0.717) is 22.3 Å². The number of fused-ring (bicyclic) bond motifs is 1. The minimum Gasteiger partial charge on any atom is -0.485 e. The number of amides is 1. The molecule has 0 bridgehead atoms. The van der Waals surface area contributed by atoms with Crippen molar-refractivity contribution < 1.29 is 23.6 Å². The number of nitro benzene ring substituents is 1. The lowest BCUT2D eigenvalue weighted by Crippen LogP contribution is -2.11. The lowest BCUT2D eigenvalue weighted by Gasteiger charge is -2.10. The van der Waals surface area contributed by atoms with Crippen LogP contribution in [0.2, 0.25) is 5.02 Å². The maximum atomic E-state index is 12.8. The number of halogens is 1. The van der Waals surface area contributed by atoms with Crippen LogP contribution in [-0.4, -0.2) is 10.8 Å². The molecular formula is C29H21ClN2O6. The Hall–Kier alpha value is -4.82. The Bertz CT molecular complexity index is 1660. The summed E-state index contributed by atoms with van der Waals surface area (Å²) in [5.41, 5.74) is 0.725. The fourth-order valence-corrected chi connectivity index (χ4v) is 3.99. The summed E-state index contributed by atoms with van der Waals surface area (Å²) < 4.78 is 17.4. The van der Waals surface area contributed by atoms with Gasteiger partial charge in [0.05, 0.1) is 16.7 Å². The number of nitro groups is 1. The van der Waals surface area contributed by atoms with Gasteiger partial charge in [-0.3, -0.25) is 14.9 Å². The molecular weight excluding hydrogens is 508 g/mol. The first kappa shape index (κ1) is 24.9. The number of anilines is 1. The van der Waals surface area contributed by atoms with E-state index in [1.54, 1.807) is 24.3 Å². The van der Waals surface area contributed by atoms with Crippen molar-refractivity contribution in [2.45, 2.75) is 13.5 Å². The maximum absolute atomic E-state index is 12.8. The molecule has 0 saturated carbocycles. The number of furan rings is 1. The second-order valence-corrected chi connectivity index (χ2v) is 8.88. The first-order valence-corrected chi connectivity index (χ1v) is 12.0. The van der Waals surface area contributed by atoms with Crippen LogP contribution in [0.25, 0.3) is 10.8 Å². The normalized spacial score (nSPS) is 10.8. The fourth-order valence-electron chi connectivity index (χ4n) is 3.88. The number of nitrogens with one attached hydrogen (secondary N) is 1. The molecule has 1 N–H and O–H groups in total. The summed E-state index contributed by atoms with van der Waals surface area (Å²) >= 11 is 6.06. The monoisotopic (exact) mass is 528 g/mol. The molecule has 0 aliphatic carbocycles. The molecule has 0 fully saturated rings. The molecule has 0 radical (unpaired) electrons. The molecule has 1 aromatic heterocycles. The van der Waals surface area contributed by atoms with E-state index in [-0.39, 0.29) is 29.5 Å². The van der Waals surface area contributed by atoms with E-state index in [9.17, 15) is 14.9 Å². The van der Waals surface area contributed by atoms with Gasteiger partial charge in [0.2, 0.25) is 0 Å². The zero-order valence-electron chi connectivity index (χ0n) is 20.1. The Morgan fingerprint density at radius 2 is 1.79 bits per heavy atom. The highest BCUT2D eigenvalue weighted by Gasteiger charge is 2.17. The molecule has 0 atom stereocenters. The summed E-state index contributed by atoms with van der Waals surface area (Å²) in [6.07, 6.45) is 0. The van der Waals surface area contributed by atoms with Gasteiger partial charge in [-0.05, 0) is 54.3 Å². The number of aryl methyl sites for hydroxylation is 1. The molecule has 1 heterocycles. The fraction of sp³-hybridized carbons (Fsp3) is 0.0690. The number of carbonyl (C=O) groups excluding carboxylic acids is 1. The Morgan fingerprint density at radius 1 is 0.974 bits per heavy atom. The van der Waals surface area contributed by atoms with E-state index < -0.39 is 10.8 Å². The van der Waals surface area contributed by atoms with Crippen molar-refractivity contribution >= 4 is 39.7 Å². The molecule has 0 unspecified atom stereocenters. The van der Waals surface area contributed by atoms with Gasteiger partial charge in [0, 0.05) is 22.5 Å². The average molecular weight is 529 g/mol. The lowest BCUT2D eigenvalue weighted by atomic mass is 10.1. The van der Waals surface area contributed by atoms with Gasteiger partial charge >= 0.3 is 0 Å². The predicted octanol–water partition coefficient (Wildman–Crippen LogP) is 7.93. The van der Waals surface area contributed by atoms with Gasteiger partial charge in [0.1, 0.15) is 29.6 Å². The van der Waals surface area contributed by atoms with Crippen molar-refractivity contribution in [2.24, 2.45) is 0 Å². The number of nitrogens with zero attached hydrogens (tertiary/aromatic N) is 1. The van der Waals surface area contributed by atoms with Gasteiger partial charge in [-0.1, -0.05) is 48.0 Å². The Morgan fingerprint density at radius 3 is 2.61 bits per heavy atom. The molecule has 0 aliphatic heterocycles. The maximum Gasteiger partial charge on any atom is 0.291 e. The quantitative estimate of drug-likeness (QED) is 0.162. The first-order valence-electron chi connectivity index (χ1n) is 11.6. The number of non-ortho nitro benzene ring substituents is 1. The second-order valence-electron chi connectivity index (χ2n) is 8.47. The van der Waals surface area contributed by atoms with E-state index in [2.05, 4.69) is 5.32 Å².